The molecule has 2 aromatic heterocycles. The Balaban J connectivity index is 0.00000136. The van der Waals surface area contributed by atoms with Crippen molar-refractivity contribution in [3.8, 4) is 0 Å². The number of aromatic carboxylic acids is 1. The first-order valence-corrected chi connectivity index (χ1v) is 8.99. The van der Waals surface area contributed by atoms with Gasteiger partial charge in [-0.2, -0.15) is 0 Å². The van der Waals surface area contributed by atoms with E-state index in [0.29, 0.717) is 23.6 Å². The number of halogens is 1. The Morgan fingerprint density at radius 3 is 2.32 bits per heavy atom. The molecule has 0 spiro atoms. The third kappa shape index (κ3) is 5.78. The molecule has 0 atom stereocenters. The Labute approximate surface area is 167 Å². The molecule has 8 heteroatoms. The maximum atomic E-state index is 12.5. The third-order valence-corrected chi connectivity index (χ3v) is 3.65. The van der Waals surface area contributed by atoms with Crippen LogP contribution in [0, 0.1) is 0 Å². The molecule has 0 aliphatic heterocycles. The molecule has 0 fully saturated rings. The molecule has 28 heavy (non-hydrogen) atoms. The van der Waals surface area contributed by atoms with Gasteiger partial charge in [-0.05, 0) is 54.1 Å². The number of pyridine rings is 2. The van der Waals surface area contributed by atoms with E-state index < -0.39 is 5.97 Å². The van der Waals surface area contributed by atoms with Crippen molar-refractivity contribution in [3.63, 3.8) is 0 Å². The van der Waals surface area contributed by atoms with Crippen LogP contribution in [0.2, 0.25) is 0 Å². The quantitative estimate of drug-likeness (QED) is 0.544. The molecule has 0 unspecified atom stereocenters. The van der Waals surface area contributed by atoms with Crippen molar-refractivity contribution in [1.82, 2.24) is 9.97 Å². The second-order valence-corrected chi connectivity index (χ2v) is 5.45. The molecule has 3 rings (SSSR count). The average Bonchev–Trinajstić information content (AvgIpc) is 2.75. The number of aromatic nitrogens is 2. The minimum absolute atomic E-state index is 0.157. The highest BCUT2D eigenvalue weighted by atomic mass is 35.5. The van der Waals surface area contributed by atoms with Crippen molar-refractivity contribution in [2.45, 2.75) is 6.54 Å². The minimum atomic E-state index is -1.02. The summed E-state index contributed by atoms with van der Waals surface area (Å²) >= 11 is 4.64. The number of nitrogens with one attached hydrogen (secondary N) is 2. The van der Waals surface area contributed by atoms with Gasteiger partial charge in [0.15, 0.2) is 0 Å². The number of rotatable bonds is 6. The predicted octanol–water partition coefficient (Wildman–Crippen LogP) is 3.89. The van der Waals surface area contributed by atoms with Crippen LogP contribution in [-0.4, -0.2) is 33.3 Å². The molecule has 0 aliphatic carbocycles. The van der Waals surface area contributed by atoms with Gasteiger partial charge in [-0.15, -0.1) is 11.6 Å². The van der Waals surface area contributed by atoms with Gasteiger partial charge >= 0.3 is 5.97 Å². The lowest BCUT2D eigenvalue weighted by molar-refractivity contribution is 0.0696. The second-order valence-electron chi connectivity index (χ2n) is 5.45. The van der Waals surface area contributed by atoms with Crippen LogP contribution in [0.5, 0.6) is 0 Å². The Morgan fingerprint density at radius 1 is 1.00 bits per heavy atom. The van der Waals surface area contributed by atoms with Crippen LogP contribution >= 0.6 is 11.6 Å². The van der Waals surface area contributed by atoms with E-state index >= 15 is 0 Å². The van der Waals surface area contributed by atoms with Crippen molar-refractivity contribution >= 4 is 35.0 Å². The summed E-state index contributed by atoms with van der Waals surface area (Å²) in [5, 5.41) is 14.8. The van der Waals surface area contributed by atoms with Crippen LogP contribution in [-0.2, 0) is 6.54 Å². The van der Waals surface area contributed by atoms with Crippen LogP contribution in [0.15, 0.2) is 67.1 Å². The lowest BCUT2D eigenvalue weighted by Crippen LogP contribution is -2.15. The minimum Gasteiger partial charge on any atom is -0.478 e. The maximum Gasteiger partial charge on any atom is 0.335 e. The average molecular weight is 399 g/mol. The van der Waals surface area contributed by atoms with Crippen LogP contribution in [0.1, 0.15) is 26.3 Å². The summed E-state index contributed by atoms with van der Waals surface area (Å²) in [6, 6.07) is 13.1. The lowest BCUT2D eigenvalue weighted by Gasteiger charge is -2.11. The first-order valence-electron chi connectivity index (χ1n) is 8.24. The Hall–Kier alpha value is -3.45. The fourth-order valence-corrected chi connectivity index (χ4v) is 2.31. The van der Waals surface area contributed by atoms with Gasteiger partial charge in [-0.25, -0.2) is 9.78 Å². The summed E-state index contributed by atoms with van der Waals surface area (Å²) in [7, 11) is 0. The van der Waals surface area contributed by atoms with Gasteiger partial charge in [0.1, 0.15) is 5.82 Å². The highest BCUT2D eigenvalue weighted by Crippen LogP contribution is 2.16. The monoisotopic (exact) mass is 398 g/mol. The van der Waals surface area contributed by atoms with Crippen LogP contribution in [0.3, 0.4) is 0 Å². The SMILES string of the molecule is CCl.O=C(O)c1ccc(NC(=O)c2cccnc2NCc2ccncc2)cc1. The van der Waals surface area contributed by atoms with Gasteiger partial charge in [0.2, 0.25) is 0 Å². The first-order chi connectivity index (χ1) is 13.6. The molecule has 2 heterocycles. The zero-order chi connectivity index (χ0) is 20.4. The number of carbonyl (C=O) groups excluding carboxylic acids is 1. The van der Waals surface area contributed by atoms with Crippen LogP contribution < -0.4 is 10.6 Å². The van der Waals surface area contributed by atoms with E-state index in [4.69, 9.17) is 5.11 Å². The molecule has 1 amide bonds. The predicted molar refractivity (Wildman–Crippen MR) is 109 cm³/mol. The zero-order valence-electron chi connectivity index (χ0n) is 15.1. The highest BCUT2D eigenvalue weighted by Gasteiger charge is 2.13. The molecule has 0 saturated heterocycles. The number of nitrogens with zero attached hydrogens (tertiary/aromatic N) is 2. The molecule has 144 valence electrons. The fourth-order valence-electron chi connectivity index (χ4n) is 2.31. The molecule has 0 aliphatic rings. The number of anilines is 2. The summed E-state index contributed by atoms with van der Waals surface area (Å²) < 4.78 is 0. The fraction of sp³-hybridized carbons (Fsp3) is 0.100. The molecular weight excluding hydrogens is 380 g/mol. The zero-order valence-corrected chi connectivity index (χ0v) is 15.8. The molecular formula is C20H19ClN4O3. The van der Waals surface area contributed by atoms with Crippen molar-refractivity contribution in [2.24, 2.45) is 0 Å². The Bertz CT molecular complexity index is 918. The van der Waals surface area contributed by atoms with Crippen molar-refractivity contribution in [1.29, 1.82) is 0 Å². The molecule has 0 saturated carbocycles. The molecule has 0 bridgehead atoms. The van der Waals surface area contributed by atoms with Crippen LogP contribution in [0.4, 0.5) is 11.5 Å². The van der Waals surface area contributed by atoms with Gasteiger partial charge < -0.3 is 15.7 Å². The van der Waals surface area contributed by atoms with Gasteiger partial charge in [-0.3, -0.25) is 9.78 Å². The first kappa shape index (κ1) is 20.9. The third-order valence-electron chi connectivity index (χ3n) is 3.65. The van der Waals surface area contributed by atoms with Crippen molar-refractivity contribution < 1.29 is 14.7 Å². The number of alkyl halides is 1. The van der Waals surface area contributed by atoms with Crippen molar-refractivity contribution in [3.05, 3.63) is 83.8 Å². The summed E-state index contributed by atoms with van der Waals surface area (Å²) in [6.07, 6.45) is 6.47. The summed E-state index contributed by atoms with van der Waals surface area (Å²) in [5.74, 6) is -0.889. The number of carbonyl (C=O) groups is 2. The number of benzene rings is 1. The van der Waals surface area contributed by atoms with E-state index in [1.807, 2.05) is 12.1 Å². The summed E-state index contributed by atoms with van der Waals surface area (Å²) in [5.41, 5.74) is 2.07. The molecule has 1 aromatic carbocycles. The topological polar surface area (TPSA) is 104 Å². The summed E-state index contributed by atoms with van der Waals surface area (Å²) in [4.78, 5) is 31.6. The largest absolute Gasteiger partial charge is 0.478 e. The molecule has 3 N–H and O–H groups in total. The Morgan fingerprint density at radius 2 is 1.68 bits per heavy atom. The number of carboxylic acids is 1. The van der Waals surface area contributed by atoms with Gasteiger partial charge in [0.05, 0.1) is 11.1 Å². The van der Waals surface area contributed by atoms with Gasteiger partial charge in [-0.1, -0.05) is 0 Å². The van der Waals surface area contributed by atoms with Gasteiger partial charge in [0, 0.05) is 37.2 Å². The normalized spacial score (nSPS) is 9.64. The number of hydrogen-bond donors (Lipinski definition) is 3. The highest BCUT2D eigenvalue weighted by molar-refractivity contribution is 6.15. The van der Waals surface area contributed by atoms with Crippen molar-refractivity contribution in [2.75, 3.05) is 17.0 Å². The van der Waals surface area contributed by atoms with E-state index in [-0.39, 0.29) is 11.5 Å². The molecule has 0 radical (unpaired) electrons. The molecule has 7 nitrogen and oxygen atoms in total. The molecule has 3 aromatic rings. The number of hydrogen-bond acceptors (Lipinski definition) is 5. The van der Waals surface area contributed by atoms with E-state index in [0.717, 1.165) is 5.56 Å². The number of carboxylic acid groups (broad SMARTS) is 1. The van der Waals surface area contributed by atoms with E-state index in [9.17, 15) is 9.59 Å². The Kier molecular flexibility index (Phi) is 7.92. The summed E-state index contributed by atoms with van der Waals surface area (Å²) in [6.45, 7) is 0.507. The van der Waals surface area contributed by atoms with E-state index in [1.54, 1.807) is 42.9 Å². The van der Waals surface area contributed by atoms with Crippen LogP contribution in [0.25, 0.3) is 0 Å². The smallest absolute Gasteiger partial charge is 0.335 e. The van der Waals surface area contributed by atoms with E-state index in [2.05, 4.69) is 32.2 Å². The van der Waals surface area contributed by atoms with Gasteiger partial charge in [0.25, 0.3) is 5.91 Å². The maximum absolute atomic E-state index is 12.5. The number of amides is 1. The van der Waals surface area contributed by atoms with E-state index in [1.165, 1.54) is 18.5 Å². The second kappa shape index (κ2) is 10.6. The standard InChI is InChI=1S/C19H16N4O3.CH3Cl/c24-18(23-15-5-3-14(4-6-15)19(25)26)16-2-1-9-21-17(16)22-12-13-7-10-20-11-8-13;1-2/h1-11H,12H2,(H,21,22)(H,23,24)(H,25,26);1H3. The lowest BCUT2D eigenvalue weighted by atomic mass is 10.2.